The van der Waals surface area contributed by atoms with Crippen LogP contribution in [-0.4, -0.2) is 33.7 Å². The molecule has 0 unspecified atom stereocenters. The highest BCUT2D eigenvalue weighted by Crippen LogP contribution is 2.25. The third-order valence-corrected chi connectivity index (χ3v) is 6.01. The Morgan fingerprint density at radius 3 is 2.24 bits per heavy atom. The number of carbonyl (C=O) groups excluding carboxylic acids is 1. The SMILES string of the molecule is CC[C@H](NC(=O)[C@@H](CC)N(c1cccc(C)c1)S(C)(=O)=O)c1ccc(OC)cc1. The van der Waals surface area contributed by atoms with Gasteiger partial charge in [0, 0.05) is 0 Å². The molecule has 0 fully saturated rings. The quantitative estimate of drug-likeness (QED) is 0.672. The molecule has 6 nitrogen and oxygen atoms in total. The first kappa shape index (κ1) is 22.7. The van der Waals surface area contributed by atoms with Crippen LogP contribution in [0.25, 0.3) is 0 Å². The fourth-order valence-corrected chi connectivity index (χ4v) is 4.55. The summed E-state index contributed by atoms with van der Waals surface area (Å²) in [6, 6.07) is 13.6. The van der Waals surface area contributed by atoms with Gasteiger partial charge in [-0.2, -0.15) is 0 Å². The number of hydrogen-bond acceptors (Lipinski definition) is 4. The van der Waals surface area contributed by atoms with Crippen LogP contribution >= 0.6 is 0 Å². The van der Waals surface area contributed by atoms with Gasteiger partial charge in [0.2, 0.25) is 15.9 Å². The van der Waals surface area contributed by atoms with E-state index in [9.17, 15) is 13.2 Å². The number of aryl methyl sites for hydroxylation is 1. The van der Waals surface area contributed by atoms with Crippen molar-refractivity contribution in [3.8, 4) is 5.75 Å². The van der Waals surface area contributed by atoms with Gasteiger partial charge >= 0.3 is 0 Å². The van der Waals surface area contributed by atoms with E-state index >= 15 is 0 Å². The molecule has 0 saturated carbocycles. The number of rotatable bonds is 9. The lowest BCUT2D eigenvalue weighted by Crippen LogP contribution is -2.50. The standard InChI is InChI=1S/C22H30N2O4S/c1-6-20(17-11-13-19(28-4)14-12-17)23-22(25)21(7-2)24(29(5,26)27)18-10-8-9-16(3)15-18/h8-15,20-21H,6-7H2,1-5H3,(H,23,25)/t20-,21+/m0/s1. The molecule has 0 spiro atoms. The predicted molar refractivity (Wildman–Crippen MR) is 117 cm³/mol. The van der Waals surface area contributed by atoms with Gasteiger partial charge in [0.15, 0.2) is 0 Å². The monoisotopic (exact) mass is 418 g/mol. The number of amides is 1. The van der Waals surface area contributed by atoms with Gasteiger partial charge < -0.3 is 10.1 Å². The molecule has 1 amide bonds. The lowest BCUT2D eigenvalue weighted by Gasteiger charge is -2.31. The first-order chi connectivity index (χ1) is 13.7. The van der Waals surface area contributed by atoms with E-state index in [-0.39, 0.29) is 11.9 Å². The van der Waals surface area contributed by atoms with Crippen LogP contribution in [0.4, 0.5) is 5.69 Å². The number of hydrogen-bond donors (Lipinski definition) is 1. The van der Waals surface area contributed by atoms with Crippen LogP contribution in [0.5, 0.6) is 5.75 Å². The summed E-state index contributed by atoms with van der Waals surface area (Å²) >= 11 is 0. The van der Waals surface area contributed by atoms with Crippen molar-refractivity contribution in [2.75, 3.05) is 17.7 Å². The molecule has 2 rings (SSSR count). The number of nitrogens with zero attached hydrogens (tertiary/aromatic N) is 1. The number of anilines is 1. The van der Waals surface area contributed by atoms with Crippen molar-refractivity contribution in [3.63, 3.8) is 0 Å². The predicted octanol–water partition coefficient (Wildman–Crippen LogP) is 3.82. The van der Waals surface area contributed by atoms with Gasteiger partial charge in [0.1, 0.15) is 11.8 Å². The smallest absolute Gasteiger partial charge is 0.244 e. The summed E-state index contributed by atoms with van der Waals surface area (Å²) in [6.07, 6.45) is 2.16. The van der Waals surface area contributed by atoms with Gasteiger partial charge in [-0.3, -0.25) is 9.10 Å². The minimum atomic E-state index is -3.65. The third-order valence-electron chi connectivity index (χ3n) is 4.83. The first-order valence-electron chi connectivity index (χ1n) is 9.71. The lowest BCUT2D eigenvalue weighted by molar-refractivity contribution is -0.123. The van der Waals surface area contributed by atoms with E-state index in [0.29, 0.717) is 18.5 Å². The highest BCUT2D eigenvalue weighted by molar-refractivity contribution is 7.92. The van der Waals surface area contributed by atoms with Gasteiger partial charge in [-0.25, -0.2) is 8.42 Å². The fraction of sp³-hybridized carbons (Fsp3) is 0.409. The molecule has 0 saturated heterocycles. The van der Waals surface area contributed by atoms with Crippen molar-refractivity contribution in [2.45, 2.75) is 45.7 Å². The zero-order valence-electron chi connectivity index (χ0n) is 17.7. The van der Waals surface area contributed by atoms with Crippen molar-refractivity contribution < 1.29 is 17.9 Å². The summed E-state index contributed by atoms with van der Waals surface area (Å²) < 4.78 is 31.6. The molecule has 1 N–H and O–H groups in total. The normalized spacial score (nSPS) is 13.4. The summed E-state index contributed by atoms with van der Waals surface area (Å²) in [5, 5.41) is 3.02. The molecule has 7 heteroatoms. The number of benzene rings is 2. The average Bonchev–Trinajstić information content (AvgIpc) is 2.69. The van der Waals surface area contributed by atoms with Crippen LogP contribution < -0.4 is 14.4 Å². The Hall–Kier alpha value is -2.54. The van der Waals surface area contributed by atoms with E-state index in [2.05, 4.69) is 5.32 Å². The van der Waals surface area contributed by atoms with Crippen LogP contribution in [0.1, 0.15) is 43.9 Å². The molecule has 0 bridgehead atoms. The summed E-state index contributed by atoms with van der Waals surface area (Å²) in [5.41, 5.74) is 2.36. The zero-order chi connectivity index (χ0) is 21.6. The van der Waals surface area contributed by atoms with Crippen molar-refractivity contribution in [2.24, 2.45) is 0 Å². The fourth-order valence-electron chi connectivity index (χ4n) is 3.35. The molecule has 0 aromatic heterocycles. The Bertz CT molecular complexity index is 926. The molecule has 0 aliphatic rings. The minimum Gasteiger partial charge on any atom is -0.497 e. The van der Waals surface area contributed by atoms with Crippen LogP contribution in [-0.2, 0) is 14.8 Å². The summed E-state index contributed by atoms with van der Waals surface area (Å²) in [6.45, 7) is 5.68. The van der Waals surface area contributed by atoms with Crippen LogP contribution in [0.15, 0.2) is 48.5 Å². The maximum atomic E-state index is 13.1. The molecule has 29 heavy (non-hydrogen) atoms. The lowest BCUT2D eigenvalue weighted by atomic mass is 10.0. The second-order valence-corrected chi connectivity index (χ2v) is 8.92. The molecule has 0 radical (unpaired) electrons. The Labute approximate surface area is 173 Å². The minimum absolute atomic E-state index is 0.221. The summed E-state index contributed by atoms with van der Waals surface area (Å²) in [5.74, 6) is 0.422. The van der Waals surface area contributed by atoms with Crippen LogP contribution in [0.3, 0.4) is 0 Å². The number of carbonyl (C=O) groups is 1. The highest BCUT2D eigenvalue weighted by atomic mass is 32.2. The summed E-state index contributed by atoms with van der Waals surface area (Å²) in [4.78, 5) is 13.1. The van der Waals surface area contributed by atoms with Crippen molar-refractivity contribution in [1.29, 1.82) is 0 Å². The number of sulfonamides is 1. The van der Waals surface area contributed by atoms with Crippen molar-refractivity contribution in [1.82, 2.24) is 5.32 Å². The number of methoxy groups -OCH3 is 1. The average molecular weight is 419 g/mol. The first-order valence-corrected chi connectivity index (χ1v) is 11.6. The van der Waals surface area contributed by atoms with E-state index in [1.807, 2.05) is 51.1 Å². The van der Waals surface area contributed by atoms with Gasteiger partial charge in [0.05, 0.1) is 25.1 Å². The zero-order valence-corrected chi connectivity index (χ0v) is 18.5. The Morgan fingerprint density at radius 1 is 1.10 bits per heavy atom. The van der Waals surface area contributed by atoms with E-state index < -0.39 is 16.1 Å². The Morgan fingerprint density at radius 2 is 1.76 bits per heavy atom. The van der Waals surface area contributed by atoms with Gasteiger partial charge in [0.25, 0.3) is 0 Å². The molecule has 0 heterocycles. The number of nitrogens with one attached hydrogen (secondary N) is 1. The molecule has 2 atom stereocenters. The maximum Gasteiger partial charge on any atom is 0.244 e. The van der Waals surface area contributed by atoms with Crippen molar-refractivity contribution >= 4 is 21.6 Å². The van der Waals surface area contributed by atoms with Gasteiger partial charge in [-0.15, -0.1) is 0 Å². The van der Waals surface area contributed by atoms with Crippen LogP contribution in [0.2, 0.25) is 0 Å². The maximum absolute atomic E-state index is 13.1. The van der Waals surface area contributed by atoms with E-state index in [0.717, 1.165) is 23.1 Å². The highest BCUT2D eigenvalue weighted by Gasteiger charge is 2.32. The Balaban J connectivity index is 2.32. The third kappa shape index (κ3) is 5.73. The molecule has 0 aliphatic heterocycles. The van der Waals surface area contributed by atoms with Gasteiger partial charge in [-0.1, -0.05) is 38.1 Å². The topological polar surface area (TPSA) is 75.7 Å². The molecule has 0 aliphatic carbocycles. The van der Waals surface area contributed by atoms with Gasteiger partial charge in [-0.05, 0) is 55.2 Å². The second kappa shape index (κ2) is 9.78. The van der Waals surface area contributed by atoms with Crippen molar-refractivity contribution in [3.05, 3.63) is 59.7 Å². The van der Waals surface area contributed by atoms with E-state index in [1.54, 1.807) is 25.3 Å². The molecular weight excluding hydrogens is 388 g/mol. The van der Waals surface area contributed by atoms with E-state index in [4.69, 9.17) is 4.74 Å². The summed E-state index contributed by atoms with van der Waals surface area (Å²) in [7, 11) is -2.05. The largest absolute Gasteiger partial charge is 0.497 e. The molecule has 158 valence electrons. The Kier molecular flexibility index (Phi) is 7.67. The molecular formula is C22H30N2O4S. The molecule has 2 aromatic carbocycles. The van der Waals surface area contributed by atoms with E-state index in [1.165, 1.54) is 4.31 Å². The second-order valence-electron chi connectivity index (χ2n) is 7.06. The number of ether oxygens (including phenoxy) is 1. The molecule has 2 aromatic rings. The van der Waals surface area contributed by atoms with Crippen LogP contribution in [0, 0.1) is 6.92 Å².